The number of hydrogen-bond acceptors (Lipinski definition) is 6. The number of amides is 1. The average Bonchev–Trinajstić information content (AvgIpc) is 2.20. The summed E-state index contributed by atoms with van der Waals surface area (Å²) in [4.78, 5) is 23.8. The summed E-state index contributed by atoms with van der Waals surface area (Å²) in [6.45, 7) is 10.1. The summed E-state index contributed by atoms with van der Waals surface area (Å²) in [5, 5.41) is 2.41. The van der Waals surface area contributed by atoms with Crippen LogP contribution in [0.1, 0.15) is 48.0 Å². The Labute approximate surface area is 148 Å². The summed E-state index contributed by atoms with van der Waals surface area (Å²) in [5.74, 6) is -0.613. The average molecular weight is 384 g/mol. The quantitative estimate of drug-likeness (QED) is 0.733. The monoisotopic (exact) mass is 383 g/mol. The summed E-state index contributed by atoms with van der Waals surface area (Å²) in [5.41, 5.74) is -1.46. The van der Waals surface area contributed by atoms with Crippen molar-refractivity contribution in [3.63, 3.8) is 0 Å². The van der Waals surface area contributed by atoms with Gasteiger partial charge in [-0.3, -0.25) is 4.79 Å². The normalized spacial score (nSPS) is 14.8. The highest BCUT2D eigenvalue weighted by atomic mass is 35.5. The van der Waals surface area contributed by atoms with Gasteiger partial charge in [-0.25, -0.2) is 13.2 Å². The number of nitrogens with one attached hydrogen (secondary N) is 1. The third-order valence-corrected chi connectivity index (χ3v) is 4.01. The maximum absolute atomic E-state index is 11.9. The van der Waals surface area contributed by atoms with Crippen molar-refractivity contribution >= 4 is 33.5 Å². The fraction of sp³-hybridized carbons (Fsp3) is 0.733. The van der Waals surface area contributed by atoms with Gasteiger partial charge in [0, 0.05) is 6.26 Å². The number of carbonyl (C=O) groups is 2. The highest BCUT2D eigenvalue weighted by molar-refractivity contribution is 7.96. The second kappa shape index (κ2) is 8.20. The van der Waals surface area contributed by atoms with Gasteiger partial charge in [-0.05, 0) is 47.6 Å². The van der Waals surface area contributed by atoms with E-state index < -0.39 is 43.5 Å². The van der Waals surface area contributed by atoms with E-state index in [1.165, 1.54) is 0 Å². The molecule has 0 saturated carbocycles. The molecule has 24 heavy (non-hydrogen) atoms. The van der Waals surface area contributed by atoms with Crippen molar-refractivity contribution in [1.29, 1.82) is 0 Å². The van der Waals surface area contributed by atoms with E-state index in [-0.39, 0.29) is 6.42 Å². The Morgan fingerprint density at radius 1 is 1.08 bits per heavy atom. The third kappa shape index (κ3) is 11.3. The molecule has 0 aromatic heterocycles. The molecule has 1 N–H and O–H groups in total. The van der Waals surface area contributed by atoms with E-state index >= 15 is 0 Å². The molecule has 0 radical (unpaired) electrons. The molecular formula is C15H26ClNO6S. The Hall–Kier alpha value is -1.28. The molecule has 0 bridgehead atoms. The first-order valence-corrected chi connectivity index (χ1v) is 9.55. The van der Waals surface area contributed by atoms with Crippen molar-refractivity contribution in [2.45, 2.75) is 65.2 Å². The minimum Gasteiger partial charge on any atom is -0.460 e. The van der Waals surface area contributed by atoms with Crippen LogP contribution in [-0.4, -0.2) is 44.0 Å². The van der Waals surface area contributed by atoms with Crippen molar-refractivity contribution in [2.75, 3.05) is 6.26 Å². The van der Waals surface area contributed by atoms with Crippen LogP contribution in [0.2, 0.25) is 0 Å². The number of carbonyl (C=O) groups excluding carboxylic acids is 2. The summed E-state index contributed by atoms with van der Waals surface area (Å²) < 4.78 is 32.7. The van der Waals surface area contributed by atoms with Gasteiger partial charge in [0.15, 0.2) is 9.84 Å². The van der Waals surface area contributed by atoms with Crippen LogP contribution in [0.25, 0.3) is 0 Å². The third-order valence-electron chi connectivity index (χ3n) is 2.20. The van der Waals surface area contributed by atoms with E-state index in [0.717, 1.165) is 12.3 Å². The number of ether oxygens (including phenoxy) is 2. The lowest BCUT2D eigenvalue weighted by Crippen LogP contribution is -2.40. The molecule has 1 atom stereocenters. The Balaban J connectivity index is 5.24. The summed E-state index contributed by atoms with van der Waals surface area (Å²) >= 11 is 5.71. The fourth-order valence-electron chi connectivity index (χ4n) is 1.46. The molecule has 0 unspecified atom stereocenters. The molecule has 7 nitrogen and oxygen atoms in total. The molecule has 9 heteroatoms. The molecule has 0 rings (SSSR count). The smallest absolute Gasteiger partial charge is 0.408 e. The number of sulfone groups is 1. The molecule has 0 saturated heterocycles. The van der Waals surface area contributed by atoms with Gasteiger partial charge < -0.3 is 14.8 Å². The summed E-state index contributed by atoms with van der Waals surface area (Å²) in [7, 11) is -3.66. The van der Waals surface area contributed by atoms with Gasteiger partial charge in [-0.15, -0.1) is 0 Å². The number of rotatable bonds is 5. The second-order valence-electron chi connectivity index (χ2n) is 7.29. The van der Waals surface area contributed by atoms with E-state index in [4.69, 9.17) is 21.1 Å². The highest BCUT2D eigenvalue weighted by Gasteiger charge is 2.24. The standard InChI is InChI=1S/C15H26ClNO6S/c1-14(2,3)22-12(18)9-10(8-11(16)24(7,20)21)17-13(19)23-15(4,5)6/h8,10H,9H2,1-7H3,(H,17,19)/t10-/m1/s1. The molecule has 0 aliphatic heterocycles. The Kier molecular flexibility index (Phi) is 7.76. The zero-order valence-electron chi connectivity index (χ0n) is 15.1. The van der Waals surface area contributed by atoms with Crippen LogP contribution in [0.4, 0.5) is 4.79 Å². The minimum absolute atomic E-state index is 0.289. The van der Waals surface area contributed by atoms with Crippen LogP contribution < -0.4 is 5.32 Å². The largest absolute Gasteiger partial charge is 0.460 e. The Bertz CT molecular complexity index is 568. The number of hydrogen-bond donors (Lipinski definition) is 1. The van der Waals surface area contributed by atoms with Gasteiger partial charge in [-0.1, -0.05) is 11.6 Å². The van der Waals surface area contributed by atoms with Gasteiger partial charge in [-0.2, -0.15) is 0 Å². The molecular weight excluding hydrogens is 358 g/mol. The topological polar surface area (TPSA) is 98.8 Å². The molecule has 140 valence electrons. The molecule has 1 amide bonds. The molecule has 0 aliphatic carbocycles. The van der Waals surface area contributed by atoms with Crippen LogP contribution in [0, 0.1) is 0 Å². The highest BCUT2D eigenvalue weighted by Crippen LogP contribution is 2.15. The lowest BCUT2D eigenvalue weighted by atomic mass is 10.1. The van der Waals surface area contributed by atoms with E-state index in [1.807, 2.05) is 0 Å². The van der Waals surface area contributed by atoms with Crippen molar-refractivity contribution < 1.29 is 27.5 Å². The number of halogens is 1. The minimum atomic E-state index is -3.66. The lowest BCUT2D eigenvalue weighted by Gasteiger charge is -2.24. The lowest BCUT2D eigenvalue weighted by molar-refractivity contribution is -0.155. The fourth-order valence-corrected chi connectivity index (χ4v) is 2.02. The predicted molar refractivity (Wildman–Crippen MR) is 92.4 cm³/mol. The second-order valence-corrected chi connectivity index (χ2v) is 9.90. The maximum atomic E-state index is 11.9. The van der Waals surface area contributed by atoms with Gasteiger partial charge in [0.1, 0.15) is 15.6 Å². The van der Waals surface area contributed by atoms with Crippen molar-refractivity contribution in [1.82, 2.24) is 5.32 Å². The number of alkyl carbamates (subject to hydrolysis) is 1. The van der Waals surface area contributed by atoms with Gasteiger partial charge in [0.2, 0.25) is 0 Å². The van der Waals surface area contributed by atoms with E-state index in [9.17, 15) is 18.0 Å². The van der Waals surface area contributed by atoms with Crippen molar-refractivity contribution in [2.24, 2.45) is 0 Å². The first-order chi connectivity index (χ1) is 10.5. The van der Waals surface area contributed by atoms with Crippen molar-refractivity contribution in [3.8, 4) is 0 Å². The van der Waals surface area contributed by atoms with E-state index in [2.05, 4.69) is 5.32 Å². The summed E-state index contributed by atoms with van der Waals surface area (Å²) in [6.07, 6.45) is 0.905. The molecule has 0 heterocycles. The van der Waals surface area contributed by atoms with Crippen LogP contribution >= 0.6 is 11.6 Å². The first-order valence-electron chi connectivity index (χ1n) is 7.28. The number of esters is 1. The van der Waals surface area contributed by atoms with Gasteiger partial charge >= 0.3 is 12.1 Å². The Morgan fingerprint density at radius 2 is 1.54 bits per heavy atom. The van der Waals surface area contributed by atoms with Crippen molar-refractivity contribution in [3.05, 3.63) is 10.4 Å². The van der Waals surface area contributed by atoms with Gasteiger partial charge in [0.05, 0.1) is 12.5 Å². The molecule has 0 aromatic rings. The summed E-state index contributed by atoms with van der Waals surface area (Å²) in [6, 6.07) is -0.989. The molecule has 0 spiro atoms. The molecule has 0 fully saturated rings. The Morgan fingerprint density at radius 3 is 1.92 bits per heavy atom. The van der Waals surface area contributed by atoms with E-state index in [0.29, 0.717) is 0 Å². The first kappa shape index (κ1) is 22.7. The maximum Gasteiger partial charge on any atom is 0.408 e. The van der Waals surface area contributed by atoms with Crippen LogP contribution in [0.5, 0.6) is 0 Å². The van der Waals surface area contributed by atoms with E-state index in [1.54, 1.807) is 41.5 Å². The van der Waals surface area contributed by atoms with Crippen LogP contribution in [0.15, 0.2) is 10.4 Å². The van der Waals surface area contributed by atoms with Gasteiger partial charge in [0.25, 0.3) is 0 Å². The SMILES string of the molecule is CC(C)(C)OC(=O)C[C@@H](C=C(Cl)S(C)(=O)=O)NC(=O)OC(C)(C)C. The molecule has 0 aliphatic rings. The van der Waals surface area contributed by atoms with Crippen LogP contribution in [-0.2, 0) is 24.1 Å². The zero-order chi connectivity index (χ0) is 19.3. The zero-order valence-corrected chi connectivity index (χ0v) is 16.7. The van der Waals surface area contributed by atoms with Crippen LogP contribution in [0.3, 0.4) is 0 Å². The molecule has 0 aromatic carbocycles. The predicted octanol–water partition coefficient (Wildman–Crippen LogP) is 2.74.